The number of piperazine rings is 1. The Balaban J connectivity index is 1.64. The topological polar surface area (TPSA) is 54.3 Å². The molecule has 128 valence electrons. The lowest BCUT2D eigenvalue weighted by molar-refractivity contribution is 0.152. The highest BCUT2D eigenvalue weighted by Gasteiger charge is 2.22. The smallest absolute Gasteiger partial charge is 0.194 e. The van der Waals surface area contributed by atoms with Crippen molar-refractivity contribution in [1.29, 1.82) is 0 Å². The van der Waals surface area contributed by atoms with Crippen LogP contribution < -0.4 is 5.32 Å². The molecule has 2 heterocycles. The van der Waals surface area contributed by atoms with Gasteiger partial charge in [-0.15, -0.1) is 0 Å². The summed E-state index contributed by atoms with van der Waals surface area (Å²) in [7, 11) is 2.20. The molecular formula is C16H33N5O. The van der Waals surface area contributed by atoms with Gasteiger partial charge >= 0.3 is 0 Å². The first kappa shape index (κ1) is 17.5. The molecule has 2 fully saturated rings. The van der Waals surface area contributed by atoms with E-state index in [1.54, 1.807) is 0 Å². The number of nitrogens with zero attached hydrogens (tertiary/aromatic N) is 4. The number of unbranched alkanes of at least 4 members (excludes halogenated alkanes) is 1. The van der Waals surface area contributed by atoms with Gasteiger partial charge in [0, 0.05) is 52.4 Å². The van der Waals surface area contributed by atoms with Crippen LogP contribution >= 0.6 is 0 Å². The monoisotopic (exact) mass is 311 g/mol. The molecule has 0 unspecified atom stereocenters. The summed E-state index contributed by atoms with van der Waals surface area (Å²) in [4.78, 5) is 11.9. The molecule has 2 aliphatic rings. The number of likely N-dealkylation sites (N-methyl/N-ethyl adjacent to an activating group) is 1. The van der Waals surface area contributed by atoms with E-state index in [0.717, 1.165) is 38.4 Å². The Morgan fingerprint density at radius 1 is 1.18 bits per heavy atom. The van der Waals surface area contributed by atoms with E-state index < -0.39 is 0 Å². The van der Waals surface area contributed by atoms with Crippen molar-refractivity contribution in [3.05, 3.63) is 0 Å². The van der Waals surface area contributed by atoms with Gasteiger partial charge in [0.1, 0.15) is 0 Å². The van der Waals surface area contributed by atoms with Crippen LogP contribution in [-0.4, -0.2) is 97.8 Å². The normalized spacial score (nSPS) is 25.0. The van der Waals surface area contributed by atoms with Crippen molar-refractivity contribution in [1.82, 2.24) is 20.0 Å². The molecule has 22 heavy (non-hydrogen) atoms. The van der Waals surface area contributed by atoms with Crippen molar-refractivity contribution < 1.29 is 5.11 Å². The van der Waals surface area contributed by atoms with Gasteiger partial charge in [0.05, 0.1) is 6.10 Å². The second-order valence-corrected chi connectivity index (χ2v) is 6.48. The summed E-state index contributed by atoms with van der Waals surface area (Å²) in [5.74, 6) is 0.971. The Morgan fingerprint density at radius 2 is 1.95 bits per heavy atom. The first-order chi connectivity index (χ1) is 10.7. The lowest BCUT2D eigenvalue weighted by Crippen LogP contribution is -2.44. The molecule has 2 N–H and O–H groups in total. The van der Waals surface area contributed by atoms with E-state index in [1.807, 2.05) is 0 Å². The maximum atomic E-state index is 9.66. The van der Waals surface area contributed by atoms with E-state index in [1.165, 1.54) is 39.1 Å². The van der Waals surface area contributed by atoms with Gasteiger partial charge in [-0.1, -0.05) is 0 Å². The first-order valence-corrected chi connectivity index (χ1v) is 8.81. The highest BCUT2D eigenvalue weighted by atomic mass is 16.3. The van der Waals surface area contributed by atoms with E-state index in [2.05, 4.69) is 34.0 Å². The molecule has 6 nitrogen and oxygen atoms in total. The van der Waals surface area contributed by atoms with Crippen molar-refractivity contribution in [3.8, 4) is 0 Å². The van der Waals surface area contributed by atoms with Crippen molar-refractivity contribution >= 4 is 5.96 Å². The fraction of sp³-hybridized carbons (Fsp3) is 0.938. The van der Waals surface area contributed by atoms with Crippen molar-refractivity contribution in [2.45, 2.75) is 32.3 Å². The van der Waals surface area contributed by atoms with Crippen LogP contribution in [0, 0.1) is 0 Å². The van der Waals surface area contributed by atoms with Crippen LogP contribution in [0.3, 0.4) is 0 Å². The van der Waals surface area contributed by atoms with E-state index >= 15 is 0 Å². The Morgan fingerprint density at radius 3 is 2.59 bits per heavy atom. The predicted octanol–water partition coefficient (Wildman–Crippen LogP) is 0.0461. The fourth-order valence-corrected chi connectivity index (χ4v) is 3.06. The molecule has 0 bridgehead atoms. The minimum absolute atomic E-state index is 0.193. The molecule has 1 atom stereocenters. The van der Waals surface area contributed by atoms with Crippen molar-refractivity contribution in [2.24, 2.45) is 4.99 Å². The van der Waals surface area contributed by atoms with Gasteiger partial charge < -0.3 is 25.1 Å². The largest absolute Gasteiger partial charge is 0.391 e. The van der Waals surface area contributed by atoms with Crippen LogP contribution in [0.25, 0.3) is 0 Å². The SMILES string of the molecule is CCNC(=NCCCCN1CCN(C)CC1)N1CC[C@@H](O)C1. The Hall–Kier alpha value is -0.850. The molecule has 0 aromatic rings. The van der Waals surface area contributed by atoms with E-state index in [9.17, 15) is 5.11 Å². The summed E-state index contributed by atoms with van der Waals surface area (Å²) < 4.78 is 0. The average molecular weight is 311 g/mol. The summed E-state index contributed by atoms with van der Waals surface area (Å²) in [5.41, 5.74) is 0. The number of guanidine groups is 1. The van der Waals surface area contributed by atoms with Gasteiger partial charge in [-0.05, 0) is 39.8 Å². The fourth-order valence-electron chi connectivity index (χ4n) is 3.06. The first-order valence-electron chi connectivity index (χ1n) is 8.81. The van der Waals surface area contributed by atoms with Gasteiger partial charge in [0.2, 0.25) is 0 Å². The summed E-state index contributed by atoms with van der Waals surface area (Å²) in [6.45, 7) is 11.5. The molecule has 0 saturated carbocycles. The Bertz CT molecular complexity index is 341. The minimum Gasteiger partial charge on any atom is -0.391 e. The molecule has 0 radical (unpaired) electrons. The second kappa shape index (κ2) is 9.33. The van der Waals surface area contributed by atoms with Crippen LogP contribution in [-0.2, 0) is 0 Å². The zero-order valence-electron chi connectivity index (χ0n) is 14.3. The third kappa shape index (κ3) is 5.74. The molecule has 0 amide bonds. The van der Waals surface area contributed by atoms with Crippen molar-refractivity contribution in [3.63, 3.8) is 0 Å². The summed E-state index contributed by atoms with van der Waals surface area (Å²) in [6, 6.07) is 0. The number of likely N-dealkylation sites (tertiary alicyclic amines) is 1. The zero-order chi connectivity index (χ0) is 15.8. The number of aliphatic imine (C=N–C) groups is 1. The lowest BCUT2D eigenvalue weighted by atomic mass is 10.2. The highest BCUT2D eigenvalue weighted by molar-refractivity contribution is 5.80. The number of aliphatic hydroxyl groups is 1. The molecular weight excluding hydrogens is 278 g/mol. The lowest BCUT2D eigenvalue weighted by Gasteiger charge is -2.32. The third-order valence-electron chi connectivity index (χ3n) is 4.54. The predicted molar refractivity (Wildman–Crippen MR) is 91.3 cm³/mol. The summed E-state index contributed by atoms with van der Waals surface area (Å²) in [6.07, 6.45) is 3.02. The standard InChI is InChI=1S/C16H33N5O/c1-3-17-16(21-9-6-15(22)14-21)18-7-4-5-8-20-12-10-19(2)11-13-20/h15,22H,3-14H2,1-2H3,(H,17,18)/t15-/m1/s1. The van der Waals surface area contributed by atoms with E-state index in [-0.39, 0.29) is 6.10 Å². The van der Waals surface area contributed by atoms with Gasteiger partial charge in [-0.2, -0.15) is 0 Å². The van der Waals surface area contributed by atoms with Crippen LogP contribution in [0.1, 0.15) is 26.2 Å². The minimum atomic E-state index is -0.193. The average Bonchev–Trinajstić information content (AvgIpc) is 2.94. The van der Waals surface area contributed by atoms with Crippen LogP contribution in [0.2, 0.25) is 0 Å². The molecule has 2 saturated heterocycles. The third-order valence-corrected chi connectivity index (χ3v) is 4.54. The Labute approximate surface area is 135 Å². The highest BCUT2D eigenvalue weighted by Crippen LogP contribution is 2.09. The van der Waals surface area contributed by atoms with E-state index in [0.29, 0.717) is 6.54 Å². The number of hydrogen-bond acceptors (Lipinski definition) is 4. The van der Waals surface area contributed by atoms with Gasteiger partial charge in [0.25, 0.3) is 0 Å². The number of aliphatic hydroxyl groups excluding tert-OH is 1. The second-order valence-electron chi connectivity index (χ2n) is 6.48. The molecule has 0 aliphatic carbocycles. The molecule has 0 spiro atoms. The van der Waals surface area contributed by atoms with Crippen molar-refractivity contribution in [2.75, 3.05) is 66.0 Å². The number of β-amino-alcohol motifs (C(OH)–C–C–N with tert-alkyl or cyclic N) is 1. The molecule has 0 aromatic carbocycles. The maximum Gasteiger partial charge on any atom is 0.194 e. The maximum absolute atomic E-state index is 9.66. The van der Waals surface area contributed by atoms with Crippen LogP contribution in [0.15, 0.2) is 4.99 Å². The summed E-state index contributed by atoms with van der Waals surface area (Å²) >= 11 is 0. The summed E-state index contributed by atoms with van der Waals surface area (Å²) in [5, 5.41) is 13.0. The quantitative estimate of drug-likeness (QED) is 0.412. The van der Waals surface area contributed by atoms with E-state index in [4.69, 9.17) is 4.99 Å². The van der Waals surface area contributed by atoms with Crippen LogP contribution in [0.5, 0.6) is 0 Å². The molecule has 2 aliphatic heterocycles. The van der Waals surface area contributed by atoms with Gasteiger partial charge in [-0.3, -0.25) is 4.99 Å². The zero-order valence-corrected chi connectivity index (χ0v) is 14.3. The molecule has 2 rings (SSSR count). The number of hydrogen-bond donors (Lipinski definition) is 2. The number of rotatable bonds is 6. The molecule has 0 aromatic heterocycles. The Kier molecular flexibility index (Phi) is 7.42. The number of nitrogens with one attached hydrogen (secondary N) is 1. The molecule has 6 heteroatoms. The van der Waals surface area contributed by atoms with Gasteiger partial charge in [0.15, 0.2) is 5.96 Å². The van der Waals surface area contributed by atoms with Crippen LogP contribution in [0.4, 0.5) is 0 Å². The van der Waals surface area contributed by atoms with Gasteiger partial charge in [-0.25, -0.2) is 0 Å².